The number of hydrogen-bond acceptors (Lipinski definition) is 6. The van der Waals surface area contributed by atoms with Crippen LogP contribution in [0.2, 0.25) is 0 Å². The molecule has 7 nitrogen and oxygen atoms in total. The minimum atomic E-state index is -0.461. The summed E-state index contributed by atoms with van der Waals surface area (Å²) >= 11 is 0. The molecule has 0 fully saturated rings. The van der Waals surface area contributed by atoms with E-state index < -0.39 is 11.7 Å². The average Bonchev–Trinajstić information content (AvgIpc) is 2.64. The summed E-state index contributed by atoms with van der Waals surface area (Å²) in [6.07, 6.45) is 1.40. The number of amides is 1. The highest BCUT2D eigenvalue weighted by atomic mass is 19.1. The van der Waals surface area contributed by atoms with E-state index in [2.05, 4.69) is 10.5 Å². The Morgan fingerprint density at radius 3 is 2.38 bits per heavy atom. The molecule has 0 atom stereocenters. The molecule has 8 heteroatoms. The predicted octanol–water partition coefficient (Wildman–Crippen LogP) is 2.84. The number of hydrogen-bond donors (Lipinski definition) is 1. The van der Waals surface area contributed by atoms with Gasteiger partial charge in [0, 0.05) is 11.3 Å². The van der Waals surface area contributed by atoms with E-state index in [0.717, 1.165) is 0 Å². The quantitative estimate of drug-likeness (QED) is 0.577. The zero-order valence-electron chi connectivity index (χ0n) is 14.6. The van der Waals surface area contributed by atoms with E-state index in [-0.39, 0.29) is 6.61 Å². The maximum atomic E-state index is 13.1. The second kappa shape index (κ2) is 9.26. The summed E-state index contributed by atoms with van der Waals surface area (Å²) in [7, 11) is 4.52. The van der Waals surface area contributed by atoms with Crippen molar-refractivity contribution >= 4 is 17.8 Å². The van der Waals surface area contributed by atoms with Gasteiger partial charge in [-0.05, 0) is 30.3 Å². The lowest BCUT2D eigenvalue weighted by Gasteiger charge is -2.12. The Balaban J connectivity index is 1.94. The molecule has 1 N–H and O–H groups in total. The summed E-state index contributed by atoms with van der Waals surface area (Å²) in [6, 6.07) is 8.92. The molecule has 0 saturated heterocycles. The molecule has 1 amide bonds. The molecule has 0 bridgehead atoms. The number of carbonyl (C=O) groups excluding carboxylic acids is 1. The van der Waals surface area contributed by atoms with E-state index in [4.69, 9.17) is 19.0 Å². The first-order valence-corrected chi connectivity index (χ1v) is 7.58. The van der Waals surface area contributed by atoms with Gasteiger partial charge in [0.1, 0.15) is 5.82 Å². The highest BCUT2D eigenvalue weighted by molar-refractivity contribution is 5.91. The van der Waals surface area contributed by atoms with Gasteiger partial charge in [-0.25, -0.2) is 4.39 Å². The fraction of sp³-hybridized carbons (Fsp3) is 0.222. The van der Waals surface area contributed by atoms with Gasteiger partial charge in [-0.1, -0.05) is 11.2 Å². The minimum absolute atomic E-state index is 0.322. The molecule has 26 heavy (non-hydrogen) atoms. The van der Waals surface area contributed by atoms with Gasteiger partial charge < -0.3 is 24.4 Å². The highest BCUT2D eigenvalue weighted by Gasteiger charge is 2.12. The lowest BCUT2D eigenvalue weighted by molar-refractivity contribution is -0.120. The smallest absolute Gasteiger partial charge is 0.265 e. The first-order chi connectivity index (χ1) is 12.6. The van der Waals surface area contributed by atoms with Crippen LogP contribution in [0.25, 0.3) is 0 Å². The van der Waals surface area contributed by atoms with Crippen molar-refractivity contribution in [2.45, 2.75) is 0 Å². The summed E-state index contributed by atoms with van der Waals surface area (Å²) in [6.45, 7) is -0.322. The molecule has 2 rings (SSSR count). The number of rotatable bonds is 8. The molecular weight excluding hydrogens is 343 g/mol. The molecule has 0 aliphatic carbocycles. The van der Waals surface area contributed by atoms with Gasteiger partial charge in [0.2, 0.25) is 5.75 Å². The first-order valence-electron chi connectivity index (χ1n) is 7.58. The summed E-state index contributed by atoms with van der Waals surface area (Å²) in [5.41, 5.74) is 0.970. The number of halogens is 1. The van der Waals surface area contributed by atoms with Gasteiger partial charge in [0.05, 0.1) is 27.5 Å². The minimum Gasteiger partial charge on any atom is -0.493 e. The summed E-state index contributed by atoms with van der Waals surface area (Å²) in [5, 5.41) is 6.23. The summed E-state index contributed by atoms with van der Waals surface area (Å²) in [4.78, 5) is 16.7. The molecule has 138 valence electrons. The third-order valence-corrected chi connectivity index (χ3v) is 3.27. The Morgan fingerprint density at radius 2 is 1.81 bits per heavy atom. The van der Waals surface area contributed by atoms with Crippen molar-refractivity contribution in [2.75, 3.05) is 33.3 Å². The van der Waals surface area contributed by atoms with Crippen LogP contribution in [0.1, 0.15) is 5.56 Å². The van der Waals surface area contributed by atoms with Crippen molar-refractivity contribution in [2.24, 2.45) is 5.16 Å². The molecule has 0 aliphatic rings. The van der Waals surface area contributed by atoms with E-state index in [0.29, 0.717) is 28.5 Å². The van der Waals surface area contributed by atoms with E-state index >= 15 is 0 Å². The molecule has 0 unspecified atom stereocenters. The van der Waals surface area contributed by atoms with Gasteiger partial charge in [-0.15, -0.1) is 0 Å². The van der Waals surface area contributed by atoms with Gasteiger partial charge >= 0.3 is 0 Å². The maximum absolute atomic E-state index is 13.1. The largest absolute Gasteiger partial charge is 0.493 e. The van der Waals surface area contributed by atoms with Crippen LogP contribution in [-0.2, 0) is 9.63 Å². The Bertz CT molecular complexity index is 770. The number of carbonyl (C=O) groups is 1. The second-order valence-electron chi connectivity index (χ2n) is 5.03. The molecule has 0 spiro atoms. The van der Waals surface area contributed by atoms with Crippen LogP contribution in [0.3, 0.4) is 0 Å². The van der Waals surface area contributed by atoms with E-state index in [1.807, 2.05) is 0 Å². The first kappa shape index (κ1) is 19.0. The number of anilines is 1. The maximum Gasteiger partial charge on any atom is 0.265 e. The molecule has 0 saturated carbocycles. The molecule has 0 heterocycles. The van der Waals surface area contributed by atoms with Crippen molar-refractivity contribution < 1.29 is 28.2 Å². The topological polar surface area (TPSA) is 78.4 Å². The number of oxime groups is 1. The van der Waals surface area contributed by atoms with Crippen LogP contribution in [0.15, 0.2) is 41.6 Å². The average molecular weight is 362 g/mol. The van der Waals surface area contributed by atoms with Crippen molar-refractivity contribution in [3.63, 3.8) is 0 Å². The van der Waals surface area contributed by atoms with Crippen molar-refractivity contribution in [1.29, 1.82) is 0 Å². The molecule has 0 radical (unpaired) electrons. The lowest BCUT2D eigenvalue weighted by atomic mass is 10.2. The van der Waals surface area contributed by atoms with Crippen LogP contribution < -0.4 is 19.5 Å². The van der Waals surface area contributed by atoms with E-state index in [1.54, 1.807) is 18.2 Å². The Morgan fingerprint density at radius 1 is 1.12 bits per heavy atom. The fourth-order valence-electron chi connectivity index (χ4n) is 2.13. The van der Waals surface area contributed by atoms with Crippen LogP contribution >= 0.6 is 0 Å². The molecule has 2 aromatic carbocycles. The predicted molar refractivity (Wildman–Crippen MR) is 94.7 cm³/mol. The van der Waals surface area contributed by atoms with Crippen LogP contribution in [0.5, 0.6) is 17.2 Å². The standard InChI is InChI=1S/C18H19FN2O5/c1-23-15-7-12(8-16(24-2)18(15)25-3)10-20-26-11-17(22)21-14-6-4-5-13(19)9-14/h4-10H,11H2,1-3H3,(H,21,22)/b20-10-. The number of ether oxygens (including phenoxy) is 3. The van der Waals surface area contributed by atoms with Gasteiger partial charge in [0.15, 0.2) is 18.1 Å². The number of methoxy groups -OCH3 is 3. The van der Waals surface area contributed by atoms with Crippen molar-refractivity contribution in [3.05, 3.63) is 47.8 Å². The lowest BCUT2D eigenvalue weighted by Crippen LogP contribution is -2.17. The second-order valence-corrected chi connectivity index (χ2v) is 5.03. The Labute approximate surface area is 150 Å². The van der Waals surface area contributed by atoms with Gasteiger partial charge in [-0.3, -0.25) is 4.79 Å². The fourth-order valence-corrected chi connectivity index (χ4v) is 2.13. The normalized spacial score (nSPS) is 10.5. The summed E-state index contributed by atoms with van der Waals surface area (Å²) < 4.78 is 28.8. The SMILES string of the molecule is COc1cc(/C=N\OCC(=O)Nc2cccc(F)c2)cc(OC)c1OC. The van der Waals surface area contributed by atoms with Crippen LogP contribution in [0.4, 0.5) is 10.1 Å². The number of nitrogens with zero attached hydrogens (tertiary/aromatic N) is 1. The number of benzene rings is 2. The van der Waals surface area contributed by atoms with E-state index in [1.165, 1.54) is 45.7 Å². The Kier molecular flexibility index (Phi) is 6.78. The third kappa shape index (κ3) is 5.10. The van der Waals surface area contributed by atoms with Crippen molar-refractivity contribution in [1.82, 2.24) is 0 Å². The van der Waals surface area contributed by atoms with E-state index in [9.17, 15) is 9.18 Å². The van der Waals surface area contributed by atoms with Gasteiger partial charge in [-0.2, -0.15) is 0 Å². The molecular formula is C18H19FN2O5. The van der Waals surface area contributed by atoms with Gasteiger partial charge in [0.25, 0.3) is 5.91 Å². The molecule has 0 aliphatic heterocycles. The third-order valence-electron chi connectivity index (χ3n) is 3.27. The Hall–Kier alpha value is -3.29. The highest BCUT2D eigenvalue weighted by Crippen LogP contribution is 2.37. The zero-order valence-corrected chi connectivity index (χ0v) is 14.6. The van der Waals surface area contributed by atoms with Crippen molar-refractivity contribution in [3.8, 4) is 17.2 Å². The number of nitrogens with one attached hydrogen (secondary N) is 1. The molecule has 2 aromatic rings. The monoisotopic (exact) mass is 362 g/mol. The zero-order chi connectivity index (χ0) is 18.9. The molecule has 0 aromatic heterocycles. The van der Waals surface area contributed by atoms with Crippen LogP contribution in [-0.4, -0.2) is 40.1 Å². The van der Waals surface area contributed by atoms with Crippen LogP contribution in [0, 0.1) is 5.82 Å². The summed E-state index contributed by atoms with van der Waals surface area (Å²) in [5.74, 6) is 0.499.